The van der Waals surface area contributed by atoms with Gasteiger partial charge in [-0.25, -0.2) is 9.59 Å². The third-order valence-corrected chi connectivity index (χ3v) is 9.06. The van der Waals surface area contributed by atoms with Crippen LogP contribution in [0.2, 0.25) is 10.0 Å². The maximum atomic E-state index is 13.3. The molecule has 4 aromatic heterocycles. The maximum absolute atomic E-state index is 13.3. The lowest BCUT2D eigenvalue weighted by atomic mass is 10.0. The molecule has 5 rings (SSSR count). The van der Waals surface area contributed by atoms with Crippen molar-refractivity contribution in [3.8, 4) is 10.1 Å². The van der Waals surface area contributed by atoms with Crippen LogP contribution in [0.25, 0.3) is 20.2 Å². The summed E-state index contributed by atoms with van der Waals surface area (Å²) in [5, 5.41) is 5.80. The zero-order valence-corrected chi connectivity index (χ0v) is 20.4. The Balaban J connectivity index is 1.82. The summed E-state index contributed by atoms with van der Waals surface area (Å²) in [6, 6.07) is 6.86. The molecule has 0 saturated heterocycles. The first-order chi connectivity index (χ1) is 15.4. The van der Waals surface area contributed by atoms with E-state index in [4.69, 9.17) is 44.1 Å². The Kier molecular flexibility index (Phi) is 5.52. The average Bonchev–Trinajstić information content (AvgIpc) is 3.54. The lowest BCUT2D eigenvalue weighted by Gasteiger charge is -2.10. The van der Waals surface area contributed by atoms with Crippen molar-refractivity contribution in [1.29, 1.82) is 0 Å². The highest BCUT2D eigenvalue weighted by Gasteiger charge is 2.32. The van der Waals surface area contributed by atoms with Gasteiger partial charge in [-0.3, -0.25) is 0 Å². The number of nitrogens with two attached hydrogens (primary N) is 2. The van der Waals surface area contributed by atoms with Gasteiger partial charge in [0.05, 0.1) is 30.6 Å². The predicted octanol–water partition coefficient (Wildman–Crippen LogP) is 7.15. The van der Waals surface area contributed by atoms with Gasteiger partial charge < -0.3 is 20.9 Å². The van der Waals surface area contributed by atoms with Gasteiger partial charge in [-0.05, 0) is 35.0 Å². The van der Waals surface area contributed by atoms with Crippen LogP contribution < -0.4 is 20.9 Å². The highest BCUT2D eigenvalue weighted by atomic mass is 35.5. The molecule has 0 aliphatic rings. The van der Waals surface area contributed by atoms with Crippen LogP contribution in [0.5, 0.6) is 10.1 Å². The molecular weight excluding hydrogens is 531 g/mol. The number of esters is 2. The quantitative estimate of drug-likeness (QED) is 0.234. The second-order valence-corrected chi connectivity index (χ2v) is 11.0. The van der Waals surface area contributed by atoms with Crippen molar-refractivity contribution in [3.63, 3.8) is 0 Å². The van der Waals surface area contributed by atoms with Crippen LogP contribution in [0.1, 0.15) is 20.7 Å². The number of halogens is 2. The number of ether oxygens (including phenoxy) is 2. The van der Waals surface area contributed by atoms with Gasteiger partial charge in [0.15, 0.2) is 10.1 Å². The van der Waals surface area contributed by atoms with Gasteiger partial charge in [-0.1, -0.05) is 23.2 Å². The monoisotopic (exact) mass is 540 g/mol. The van der Waals surface area contributed by atoms with E-state index in [1.54, 1.807) is 35.0 Å². The van der Waals surface area contributed by atoms with E-state index in [1.165, 1.54) is 22.7 Å². The van der Waals surface area contributed by atoms with E-state index >= 15 is 0 Å². The first kappa shape index (κ1) is 21.5. The molecule has 32 heavy (non-hydrogen) atoms. The van der Waals surface area contributed by atoms with Crippen LogP contribution in [0.3, 0.4) is 0 Å². The fraction of sp³-hybridized carbons (Fsp3) is 0. The van der Waals surface area contributed by atoms with E-state index < -0.39 is 11.9 Å². The topological polar surface area (TPSA) is 105 Å². The molecule has 0 atom stereocenters. The first-order valence-electron chi connectivity index (χ1n) is 8.79. The van der Waals surface area contributed by atoms with Crippen LogP contribution in [0.4, 0.5) is 10.0 Å². The minimum Gasteiger partial charge on any atom is -0.412 e. The summed E-state index contributed by atoms with van der Waals surface area (Å²) in [4.78, 5) is 26.5. The first-order valence-corrected chi connectivity index (χ1v) is 12.9. The molecule has 4 N–H and O–H groups in total. The van der Waals surface area contributed by atoms with Gasteiger partial charge in [0.2, 0.25) is 0 Å². The van der Waals surface area contributed by atoms with Crippen molar-refractivity contribution < 1.29 is 19.1 Å². The normalized spacial score (nSPS) is 11.3. The highest BCUT2D eigenvalue weighted by molar-refractivity contribution is 7.26. The molecule has 0 unspecified atom stereocenters. The largest absolute Gasteiger partial charge is 0.412 e. The van der Waals surface area contributed by atoms with Crippen molar-refractivity contribution in [1.82, 2.24) is 0 Å². The molecule has 0 aliphatic carbocycles. The van der Waals surface area contributed by atoms with Crippen LogP contribution in [-0.2, 0) is 0 Å². The van der Waals surface area contributed by atoms with Gasteiger partial charge in [0.25, 0.3) is 0 Å². The van der Waals surface area contributed by atoms with Gasteiger partial charge in [0, 0.05) is 10.8 Å². The van der Waals surface area contributed by atoms with Gasteiger partial charge >= 0.3 is 11.9 Å². The molecule has 1 aromatic carbocycles. The molecular formula is C20H10Cl2N2O4S4. The summed E-state index contributed by atoms with van der Waals surface area (Å²) >= 11 is 17.7. The molecule has 0 amide bonds. The number of rotatable bonds is 4. The van der Waals surface area contributed by atoms with Gasteiger partial charge in [0.1, 0.15) is 10.0 Å². The summed E-state index contributed by atoms with van der Waals surface area (Å²) < 4.78 is 11.8. The van der Waals surface area contributed by atoms with E-state index in [1.807, 2.05) is 0 Å². The lowest BCUT2D eigenvalue weighted by molar-refractivity contribution is 0.0732. The Labute approximate surface area is 206 Å². The summed E-state index contributed by atoms with van der Waals surface area (Å²) in [5.41, 5.74) is 12.5. The van der Waals surface area contributed by atoms with E-state index in [9.17, 15) is 9.59 Å². The van der Waals surface area contributed by atoms with E-state index in [0.717, 1.165) is 22.7 Å². The predicted molar refractivity (Wildman–Crippen MR) is 135 cm³/mol. The fourth-order valence-corrected chi connectivity index (χ4v) is 7.08. The van der Waals surface area contributed by atoms with Crippen LogP contribution in [0, 0.1) is 0 Å². The molecule has 0 saturated carbocycles. The summed E-state index contributed by atoms with van der Waals surface area (Å²) in [5.74, 6) is -1.31. The Hall–Kier alpha value is -2.34. The van der Waals surface area contributed by atoms with E-state index in [-0.39, 0.29) is 31.2 Å². The Morgan fingerprint density at radius 1 is 0.750 bits per heavy atom. The van der Waals surface area contributed by atoms with E-state index in [0.29, 0.717) is 30.3 Å². The number of anilines is 2. The van der Waals surface area contributed by atoms with Crippen molar-refractivity contribution >= 4 is 111 Å². The van der Waals surface area contributed by atoms with Gasteiger partial charge in [-0.15, -0.1) is 45.3 Å². The molecule has 0 bridgehead atoms. The third-order valence-electron chi connectivity index (χ3n) is 4.49. The number of carbonyl (C=O) groups is 2. The van der Waals surface area contributed by atoms with Crippen LogP contribution in [0.15, 0.2) is 35.0 Å². The smallest absolute Gasteiger partial charge is 0.346 e. The molecule has 5 aromatic rings. The molecule has 6 nitrogen and oxygen atoms in total. The summed E-state index contributed by atoms with van der Waals surface area (Å²) in [7, 11) is 0. The Morgan fingerprint density at radius 3 is 1.50 bits per heavy atom. The minimum atomic E-state index is -0.654. The zero-order valence-electron chi connectivity index (χ0n) is 15.6. The number of benzene rings is 1. The van der Waals surface area contributed by atoms with Gasteiger partial charge in [-0.2, -0.15) is 0 Å². The molecule has 162 valence electrons. The number of fused-ring (bicyclic) bond motifs is 2. The standard InChI is InChI=1S/C20H10Cl2N2O4S4/c21-13-9-11(19(25)27-7-3-1-5-29-7)15-10(14(22)18(24)31-15)12(16(9)32-17(13)23)20(26)28-8-4-2-6-30-8/h1-6H,23-24H2. The van der Waals surface area contributed by atoms with Crippen LogP contribution in [-0.4, -0.2) is 11.9 Å². The number of hydrogen-bond donors (Lipinski definition) is 2. The Bertz CT molecular complexity index is 1390. The third kappa shape index (κ3) is 3.43. The number of carbonyl (C=O) groups excluding carboxylic acids is 2. The zero-order chi connectivity index (χ0) is 22.6. The number of thiophene rings is 4. The van der Waals surface area contributed by atoms with E-state index in [2.05, 4.69) is 0 Å². The summed E-state index contributed by atoms with van der Waals surface area (Å²) in [6.45, 7) is 0. The fourth-order valence-electron chi connectivity index (χ4n) is 3.20. The molecule has 4 heterocycles. The van der Waals surface area contributed by atoms with Crippen molar-refractivity contribution in [2.75, 3.05) is 11.5 Å². The second-order valence-electron chi connectivity index (χ2n) is 6.36. The van der Waals surface area contributed by atoms with Crippen LogP contribution >= 0.6 is 68.5 Å². The molecule has 0 radical (unpaired) electrons. The average molecular weight is 541 g/mol. The summed E-state index contributed by atoms with van der Waals surface area (Å²) in [6.07, 6.45) is 0. The second kappa shape index (κ2) is 8.22. The Morgan fingerprint density at radius 2 is 1.16 bits per heavy atom. The maximum Gasteiger partial charge on any atom is 0.346 e. The molecule has 12 heteroatoms. The lowest BCUT2D eigenvalue weighted by Crippen LogP contribution is -2.12. The molecule has 0 spiro atoms. The van der Waals surface area contributed by atoms with Crippen molar-refractivity contribution in [3.05, 3.63) is 56.2 Å². The highest BCUT2D eigenvalue weighted by Crippen LogP contribution is 2.51. The molecule has 0 aliphatic heterocycles. The number of hydrogen-bond acceptors (Lipinski definition) is 10. The van der Waals surface area contributed by atoms with Crippen molar-refractivity contribution in [2.24, 2.45) is 0 Å². The molecule has 0 fully saturated rings. The van der Waals surface area contributed by atoms with Crippen molar-refractivity contribution in [2.45, 2.75) is 0 Å². The SMILES string of the molecule is Nc1sc2c(C(=O)Oc3cccs3)c3c(Cl)c(N)sc3c(C(=O)Oc3cccs3)c2c1Cl. The number of nitrogen functional groups attached to an aromatic ring is 2. The minimum absolute atomic E-state index is 0.151.